The normalized spacial score (nSPS) is 9.79. The second-order valence-corrected chi connectivity index (χ2v) is 4.37. The minimum atomic E-state index is -0.0163. The summed E-state index contributed by atoms with van der Waals surface area (Å²) in [6, 6.07) is 7.90. The van der Waals surface area contributed by atoms with Gasteiger partial charge in [-0.05, 0) is 32.9 Å². The lowest BCUT2D eigenvalue weighted by Crippen LogP contribution is -2.32. The predicted octanol–water partition coefficient (Wildman–Crippen LogP) is 2.80. The molecule has 1 amide bonds. The van der Waals surface area contributed by atoms with Crippen molar-refractivity contribution >= 4 is 11.6 Å². The fraction of sp³-hybridized carbons (Fsp3) is 0.467. The zero-order valence-electron chi connectivity index (χ0n) is 11.9. The molecule has 0 bridgehead atoms. The summed E-state index contributed by atoms with van der Waals surface area (Å²) in [5.41, 5.74) is 2.59. The highest BCUT2D eigenvalue weighted by molar-refractivity contribution is 5.99. The first-order valence-electron chi connectivity index (χ1n) is 6.64. The van der Waals surface area contributed by atoms with Gasteiger partial charge in [0.1, 0.15) is 0 Å². The van der Waals surface area contributed by atoms with Crippen LogP contribution in [0, 0.1) is 18.3 Å². The zero-order chi connectivity index (χ0) is 14.3. The van der Waals surface area contributed by atoms with Gasteiger partial charge in [0.15, 0.2) is 0 Å². The van der Waals surface area contributed by atoms with Gasteiger partial charge >= 0.3 is 0 Å². The second-order valence-electron chi connectivity index (χ2n) is 4.37. The maximum atomic E-state index is 12.5. The summed E-state index contributed by atoms with van der Waals surface area (Å²) in [6.45, 7) is 7.76. The molecule has 0 atom stereocenters. The van der Waals surface area contributed by atoms with Crippen molar-refractivity contribution in [3.05, 3.63) is 29.3 Å². The summed E-state index contributed by atoms with van der Waals surface area (Å²) < 4.78 is 0. The van der Waals surface area contributed by atoms with Crippen LogP contribution < -0.4 is 5.32 Å². The van der Waals surface area contributed by atoms with E-state index in [0.717, 1.165) is 17.8 Å². The Morgan fingerprint density at radius 2 is 2.16 bits per heavy atom. The van der Waals surface area contributed by atoms with Gasteiger partial charge in [0.2, 0.25) is 0 Å². The summed E-state index contributed by atoms with van der Waals surface area (Å²) in [6.07, 6.45) is 0.363. The van der Waals surface area contributed by atoms with E-state index >= 15 is 0 Å². The molecule has 0 aliphatic carbocycles. The first-order chi connectivity index (χ1) is 9.13. The Kier molecular flexibility index (Phi) is 5.87. The third kappa shape index (κ3) is 3.99. The van der Waals surface area contributed by atoms with E-state index in [1.54, 1.807) is 4.90 Å². The molecule has 1 aromatic carbocycles. The average Bonchev–Trinajstić information content (AvgIpc) is 2.41. The molecule has 102 valence electrons. The Morgan fingerprint density at radius 3 is 2.74 bits per heavy atom. The van der Waals surface area contributed by atoms with E-state index in [4.69, 9.17) is 5.26 Å². The number of anilines is 1. The number of nitriles is 1. The molecule has 4 nitrogen and oxygen atoms in total. The maximum Gasteiger partial charge on any atom is 0.255 e. The first kappa shape index (κ1) is 15.0. The molecule has 0 aromatic heterocycles. The number of rotatable bonds is 6. The zero-order valence-corrected chi connectivity index (χ0v) is 11.9. The van der Waals surface area contributed by atoms with Crippen molar-refractivity contribution in [1.29, 1.82) is 5.26 Å². The lowest BCUT2D eigenvalue weighted by Gasteiger charge is -2.21. The van der Waals surface area contributed by atoms with Crippen molar-refractivity contribution in [3.8, 4) is 6.07 Å². The lowest BCUT2D eigenvalue weighted by molar-refractivity contribution is 0.0768. The van der Waals surface area contributed by atoms with Gasteiger partial charge < -0.3 is 10.2 Å². The quantitative estimate of drug-likeness (QED) is 0.854. The van der Waals surface area contributed by atoms with Crippen molar-refractivity contribution in [3.63, 3.8) is 0 Å². The minimum absolute atomic E-state index is 0.0163. The van der Waals surface area contributed by atoms with E-state index in [9.17, 15) is 4.79 Å². The topological polar surface area (TPSA) is 56.1 Å². The van der Waals surface area contributed by atoms with Crippen LogP contribution in [0.3, 0.4) is 0 Å². The van der Waals surface area contributed by atoms with Gasteiger partial charge in [0.25, 0.3) is 5.91 Å². The van der Waals surface area contributed by atoms with Gasteiger partial charge in [-0.25, -0.2) is 0 Å². The summed E-state index contributed by atoms with van der Waals surface area (Å²) >= 11 is 0. The molecule has 0 spiro atoms. The second kappa shape index (κ2) is 7.42. The highest BCUT2D eigenvalue weighted by Crippen LogP contribution is 2.19. The molecule has 0 heterocycles. The van der Waals surface area contributed by atoms with E-state index in [1.165, 1.54) is 0 Å². The molecule has 0 radical (unpaired) electrons. The lowest BCUT2D eigenvalue weighted by atomic mass is 10.1. The fourth-order valence-corrected chi connectivity index (χ4v) is 1.94. The molecule has 0 aliphatic heterocycles. The summed E-state index contributed by atoms with van der Waals surface area (Å²) in [5, 5.41) is 11.9. The molecular weight excluding hydrogens is 238 g/mol. The van der Waals surface area contributed by atoms with Crippen LogP contribution in [0.25, 0.3) is 0 Å². The van der Waals surface area contributed by atoms with Crippen molar-refractivity contribution in [2.24, 2.45) is 0 Å². The van der Waals surface area contributed by atoms with Gasteiger partial charge in [-0.3, -0.25) is 4.79 Å². The first-order valence-corrected chi connectivity index (χ1v) is 6.64. The standard InChI is InChI=1S/C15H21N3O/c1-4-17-14-8-7-12(3)11-13(14)15(19)18(5-2)10-6-9-16/h7-8,11,17H,4-6,10H2,1-3H3. The summed E-state index contributed by atoms with van der Waals surface area (Å²) in [4.78, 5) is 14.2. The molecule has 0 saturated carbocycles. The highest BCUT2D eigenvalue weighted by Gasteiger charge is 2.17. The third-order valence-corrected chi connectivity index (χ3v) is 2.94. The van der Waals surface area contributed by atoms with E-state index in [-0.39, 0.29) is 5.91 Å². The SMILES string of the molecule is CCNc1ccc(C)cc1C(=O)N(CC)CCC#N. The number of amides is 1. The number of hydrogen-bond donors (Lipinski definition) is 1. The third-order valence-electron chi connectivity index (χ3n) is 2.94. The number of nitrogens with one attached hydrogen (secondary N) is 1. The van der Waals surface area contributed by atoms with Gasteiger partial charge in [-0.2, -0.15) is 5.26 Å². The molecule has 1 aromatic rings. The number of carbonyl (C=O) groups excluding carboxylic acids is 1. The van der Waals surface area contributed by atoms with Gasteiger partial charge in [0.05, 0.1) is 18.1 Å². The Morgan fingerprint density at radius 1 is 1.42 bits per heavy atom. The Labute approximate surface area is 115 Å². The van der Waals surface area contributed by atoms with E-state index in [1.807, 2.05) is 39.0 Å². The monoisotopic (exact) mass is 259 g/mol. The van der Waals surface area contributed by atoms with Crippen LogP contribution in [0.1, 0.15) is 36.2 Å². The van der Waals surface area contributed by atoms with Gasteiger partial charge in [-0.1, -0.05) is 11.6 Å². The molecule has 19 heavy (non-hydrogen) atoms. The van der Waals surface area contributed by atoms with E-state index in [2.05, 4.69) is 11.4 Å². The number of hydrogen-bond acceptors (Lipinski definition) is 3. The van der Waals surface area contributed by atoms with Crippen LogP contribution in [0.15, 0.2) is 18.2 Å². The largest absolute Gasteiger partial charge is 0.385 e. The van der Waals surface area contributed by atoms with Gasteiger partial charge in [-0.15, -0.1) is 0 Å². The molecule has 0 aliphatic rings. The number of carbonyl (C=O) groups is 1. The predicted molar refractivity (Wildman–Crippen MR) is 77.2 cm³/mol. The number of benzene rings is 1. The summed E-state index contributed by atoms with van der Waals surface area (Å²) in [5.74, 6) is -0.0163. The van der Waals surface area contributed by atoms with Crippen LogP contribution >= 0.6 is 0 Å². The Bertz CT molecular complexity index is 477. The molecule has 4 heteroatoms. The Balaban J connectivity index is 3.02. The number of aryl methyl sites for hydroxylation is 1. The van der Waals surface area contributed by atoms with Crippen LogP contribution in [-0.4, -0.2) is 30.4 Å². The van der Waals surface area contributed by atoms with Crippen molar-refractivity contribution < 1.29 is 4.79 Å². The molecule has 0 unspecified atom stereocenters. The maximum absolute atomic E-state index is 12.5. The van der Waals surface area contributed by atoms with Crippen LogP contribution in [-0.2, 0) is 0 Å². The van der Waals surface area contributed by atoms with Crippen LogP contribution in [0.5, 0.6) is 0 Å². The highest BCUT2D eigenvalue weighted by atomic mass is 16.2. The molecule has 0 saturated heterocycles. The fourth-order valence-electron chi connectivity index (χ4n) is 1.94. The number of nitrogens with zero attached hydrogens (tertiary/aromatic N) is 2. The van der Waals surface area contributed by atoms with Crippen LogP contribution in [0.4, 0.5) is 5.69 Å². The Hall–Kier alpha value is -2.02. The molecule has 0 fully saturated rings. The molecule has 1 rings (SSSR count). The van der Waals surface area contributed by atoms with Crippen molar-refractivity contribution in [2.45, 2.75) is 27.2 Å². The summed E-state index contributed by atoms with van der Waals surface area (Å²) in [7, 11) is 0. The minimum Gasteiger partial charge on any atom is -0.385 e. The molecule has 1 N–H and O–H groups in total. The average molecular weight is 259 g/mol. The molecular formula is C15H21N3O. The van der Waals surface area contributed by atoms with E-state index in [0.29, 0.717) is 25.1 Å². The smallest absolute Gasteiger partial charge is 0.255 e. The van der Waals surface area contributed by atoms with Crippen molar-refractivity contribution in [1.82, 2.24) is 4.90 Å². The van der Waals surface area contributed by atoms with Crippen molar-refractivity contribution in [2.75, 3.05) is 25.0 Å². The van der Waals surface area contributed by atoms with Crippen LogP contribution in [0.2, 0.25) is 0 Å². The van der Waals surface area contributed by atoms with Gasteiger partial charge in [0, 0.05) is 25.3 Å². The van der Waals surface area contributed by atoms with E-state index < -0.39 is 0 Å².